The van der Waals surface area contributed by atoms with E-state index in [2.05, 4.69) is 34.6 Å². The molecule has 0 bridgehead atoms. The Morgan fingerprint density at radius 1 is 0.879 bits per heavy atom. The van der Waals surface area contributed by atoms with Crippen molar-refractivity contribution in [2.24, 2.45) is 58.2 Å². The summed E-state index contributed by atoms with van der Waals surface area (Å²) < 4.78 is 0. The smallest absolute Gasteiger partial charge is 0.136 e. The largest absolute Gasteiger partial charge is 0.390 e. The highest BCUT2D eigenvalue weighted by Crippen LogP contribution is 2.67. The average molecular weight is 465 g/mol. The lowest BCUT2D eigenvalue weighted by atomic mass is 9.44. The Morgan fingerprint density at radius 2 is 1.52 bits per heavy atom. The zero-order chi connectivity index (χ0) is 24.5. The quantitative estimate of drug-likeness (QED) is 0.496. The van der Waals surface area contributed by atoms with Crippen molar-refractivity contribution in [3.63, 3.8) is 0 Å². The Labute approximate surface area is 200 Å². The predicted molar refractivity (Wildman–Crippen MR) is 128 cm³/mol. The van der Waals surface area contributed by atoms with E-state index >= 15 is 0 Å². The van der Waals surface area contributed by atoms with Crippen LogP contribution in [0.1, 0.15) is 86.5 Å². The highest BCUT2D eigenvalue weighted by molar-refractivity contribution is 5.83. The fourth-order valence-corrected chi connectivity index (χ4v) is 9.23. The summed E-state index contributed by atoms with van der Waals surface area (Å²) in [5.74, 6) is 2.05. The van der Waals surface area contributed by atoms with E-state index in [1.54, 1.807) is 0 Å². The third-order valence-electron chi connectivity index (χ3n) is 11.7. The number of carbonyl (C=O) groups is 1. The first-order valence-corrected chi connectivity index (χ1v) is 13.6. The van der Waals surface area contributed by atoms with Crippen LogP contribution in [0.2, 0.25) is 0 Å². The summed E-state index contributed by atoms with van der Waals surface area (Å²) in [6.45, 7) is 12.9. The molecule has 0 aromatic heterocycles. The normalized spacial score (nSPS) is 49.1. The van der Waals surface area contributed by atoms with Crippen LogP contribution < -0.4 is 0 Å². The summed E-state index contributed by atoms with van der Waals surface area (Å²) in [6, 6.07) is 0. The van der Waals surface area contributed by atoms with Gasteiger partial charge >= 0.3 is 0 Å². The molecule has 13 atom stereocenters. The van der Waals surface area contributed by atoms with Crippen LogP contribution in [0.15, 0.2) is 0 Å². The minimum absolute atomic E-state index is 0.0158. The van der Waals surface area contributed by atoms with Gasteiger partial charge in [-0.05, 0) is 90.8 Å². The minimum atomic E-state index is -0.782. The maximum atomic E-state index is 13.3. The van der Waals surface area contributed by atoms with Crippen LogP contribution in [-0.2, 0) is 4.79 Å². The number of hydrogen-bond acceptors (Lipinski definition) is 5. The molecule has 4 aliphatic carbocycles. The van der Waals surface area contributed by atoms with Crippen molar-refractivity contribution < 1.29 is 25.2 Å². The molecule has 0 saturated heterocycles. The van der Waals surface area contributed by atoms with Crippen molar-refractivity contribution in [3.05, 3.63) is 0 Å². The van der Waals surface area contributed by atoms with E-state index in [1.165, 1.54) is 0 Å². The zero-order valence-corrected chi connectivity index (χ0v) is 21.6. The number of ketones is 1. The monoisotopic (exact) mass is 464 g/mol. The van der Waals surface area contributed by atoms with Gasteiger partial charge in [-0.2, -0.15) is 0 Å². The third kappa shape index (κ3) is 3.93. The van der Waals surface area contributed by atoms with Gasteiger partial charge < -0.3 is 20.4 Å². The number of fused-ring (bicyclic) bond motifs is 5. The second-order valence-electron chi connectivity index (χ2n) is 13.4. The molecular formula is C28H48O5. The van der Waals surface area contributed by atoms with Crippen LogP contribution in [0.5, 0.6) is 0 Å². The molecule has 4 aliphatic rings. The Morgan fingerprint density at radius 3 is 2.15 bits per heavy atom. The number of Topliss-reactive ketones (excluding diaryl/α,β-unsaturated/α-hetero) is 1. The molecule has 0 spiro atoms. The van der Waals surface area contributed by atoms with Gasteiger partial charge in [-0.3, -0.25) is 4.79 Å². The van der Waals surface area contributed by atoms with E-state index in [1.807, 2.05) is 6.92 Å². The molecule has 0 aromatic carbocycles. The van der Waals surface area contributed by atoms with Crippen molar-refractivity contribution in [2.75, 3.05) is 0 Å². The topological polar surface area (TPSA) is 98.0 Å². The van der Waals surface area contributed by atoms with Gasteiger partial charge in [-0.25, -0.2) is 0 Å². The Balaban J connectivity index is 1.56. The Hall–Kier alpha value is -0.490. The molecule has 0 radical (unpaired) electrons. The van der Waals surface area contributed by atoms with Gasteiger partial charge in [0.05, 0.1) is 24.4 Å². The molecule has 0 amide bonds. The lowest BCUT2D eigenvalue weighted by molar-refractivity contribution is -0.175. The van der Waals surface area contributed by atoms with Gasteiger partial charge in [0.25, 0.3) is 0 Å². The Bertz CT molecular complexity index is 738. The molecule has 4 saturated carbocycles. The molecule has 190 valence electrons. The molecule has 4 rings (SSSR count). The summed E-state index contributed by atoms with van der Waals surface area (Å²) in [6.07, 6.45) is 2.80. The second-order valence-corrected chi connectivity index (χ2v) is 13.4. The van der Waals surface area contributed by atoms with Gasteiger partial charge in [-0.15, -0.1) is 0 Å². The van der Waals surface area contributed by atoms with Gasteiger partial charge in [0.1, 0.15) is 5.78 Å². The minimum Gasteiger partial charge on any atom is -0.390 e. The van der Waals surface area contributed by atoms with Crippen LogP contribution in [0.25, 0.3) is 0 Å². The average Bonchev–Trinajstić information content (AvgIpc) is 3.10. The first-order valence-electron chi connectivity index (χ1n) is 13.6. The van der Waals surface area contributed by atoms with Gasteiger partial charge in [0.15, 0.2) is 0 Å². The molecule has 4 N–H and O–H groups in total. The molecule has 33 heavy (non-hydrogen) atoms. The van der Waals surface area contributed by atoms with E-state index < -0.39 is 24.4 Å². The highest BCUT2D eigenvalue weighted by atomic mass is 16.3. The molecular weight excluding hydrogens is 416 g/mol. The van der Waals surface area contributed by atoms with Crippen molar-refractivity contribution in [1.82, 2.24) is 0 Å². The van der Waals surface area contributed by atoms with E-state index in [-0.39, 0.29) is 34.4 Å². The standard InChI is InChI=1S/C28H48O5/c1-14(2)15(3)25(32)26(33)16(4)18-7-8-19-17-11-22(29)21-12-23(30)24(31)13-28(21,6)20(17)9-10-27(18,19)5/h14-21,23-26,30-33H,7-13H2,1-6H3/t15-,16+,17+,18-,19+,20+,21-,23+,24-,25-,26-,27-,28-/m1/s1. The summed E-state index contributed by atoms with van der Waals surface area (Å²) >= 11 is 0. The number of carbonyl (C=O) groups excluding carboxylic acids is 1. The van der Waals surface area contributed by atoms with Crippen LogP contribution in [0.4, 0.5) is 0 Å². The fourth-order valence-electron chi connectivity index (χ4n) is 9.23. The van der Waals surface area contributed by atoms with E-state index in [9.17, 15) is 25.2 Å². The van der Waals surface area contributed by atoms with E-state index in [0.717, 1.165) is 25.7 Å². The summed E-state index contributed by atoms with van der Waals surface area (Å²) in [5.41, 5.74) is -0.162. The third-order valence-corrected chi connectivity index (χ3v) is 11.7. The van der Waals surface area contributed by atoms with Crippen LogP contribution in [0, 0.1) is 58.2 Å². The van der Waals surface area contributed by atoms with E-state index in [0.29, 0.717) is 48.9 Å². The van der Waals surface area contributed by atoms with Crippen LogP contribution >= 0.6 is 0 Å². The molecule has 4 fully saturated rings. The number of rotatable bonds is 5. The van der Waals surface area contributed by atoms with Crippen molar-refractivity contribution >= 4 is 5.78 Å². The van der Waals surface area contributed by atoms with Gasteiger partial charge in [-0.1, -0.05) is 41.5 Å². The summed E-state index contributed by atoms with van der Waals surface area (Å²) in [5, 5.41) is 42.8. The lowest BCUT2D eigenvalue weighted by Crippen LogP contribution is -2.59. The van der Waals surface area contributed by atoms with Crippen molar-refractivity contribution in [3.8, 4) is 0 Å². The van der Waals surface area contributed by atoms with Gasteiger partial charge in [0, 0.05) is 12.3 Å². The number of aliphatic hydroxyl groups is 4. The van der Waals surface area contributed by atoms with E-state index in [4.69, 9.17) is 0 Å². The molecule has 5 heteroatoms. The maximum Gasteiger partial charge on any atom is 0.136 e. The first kappa shape index (κ1) is 25.6. The predicted octanol–water partition coefficient (Wildman–Crippen LogP) is 3.81. The van der Waals surface area contributed by atoms with Crippen LogP contribution in [0.3, 0.4) is 0 Å². The summed E-state index contributed by atoms with van der Waals surface area (Å²) in [7, 11) is 0. The zero-order valence-electron chi connectivity index (χ0n) is 21.6. The number of aliphatic hydroxyl groups excluding tert-OH is 4. The maximum absolute atomic E-state index is 13.3. The first-order chi connectivity index (χ1) is 15.3. The molecule has 0 unspecified atom stereocenters. The van der Waals surface area contributed by atoms with Crippen molar-refractivity contribution in [1.29, 1.82) is 0 Å². The lowest BCUT2D eigenvalue weighted by Gasteiger charge is -2.61. The molecule has 0 aliphatic heterocycles. The Kier molecular flexibility index (Phi) is 6.88. The SMILES string of the molecule is CC(C)[C@@H](C)[C@@H](O)[C@H](O)[C@@H](C)[C@H]1CC[C@H]2[C@@H]3CC(=O)[C@H]4C[C@H](O)[C@H](O)C[C@]4(C)[C@H]3CC[C@]12C. The molecule has 0 aromatic rings. The van der Waals surface area contributed by atoms with Crippen LogP contribution in [-0.4, -0.2) is 50.6 Å². The van der Waals surface area contributed by atoms with Gasteiger partial charge in [0.2, 0.25) is 0 Å². The highest BCUT2D eigenvalue weighted by Gasteiger charge is 2.63. The number of hydrogen-bond donors (Lipinski definition) is 4. The van der Waals surface area contributed by atoms with Crippen molar-refractivity contribution in [2.45, 2.75) is 111 Å². The summed E-state index contributed by atoms with van der Waals surface area (Å²) in [4.78, 5) is 13.3. The molecule has 5 nitrogen and oxygen atoms in total. The fraction of sp³-hybridized carbons (Fsp3) is 0.964. The second kappa shape index (κ2) is 8.87. The molecule has 0 heterocycles.